The molecule has 1 N–H and O–H groups in total. The number of carbonyl (C=O) groups excluding carboxylic acids is 2. The van der Waals surface area contributed by atoms with Crippen LogP contribution < -0.4 is 10.1 Å². The lowest BCUT2D eigenvalue weighted by Crippen LogP contribution is -2.30. The fourth-order valence-electron chi connectivity index (χ4n) is 1.96. The molecule has 2 rings (SSSR count). The number of hydrogen-bond donors (Lipinski definition) is 1. The van der Waals surface area contributed by atoms with Crippen LogP contribution in [-0.4, -0.2) is 25.1 Å². The molecule has 0 spiro atoms. The van der Waals surface area contributed by atoms with Crippen molar-refractivity contribution >= 4 is 23.2 Å². The maximum absolute atomic E-state index is 11.9. The summed E-state index contributed by atoms with van der Waals surface area (Å²) in [6, 6.07) is 10.4. The zero-order valence-electron chi connectivity index (χ0n) is 13.1. The molecule has 2 aromatic rings. The van der Waals surface area contributed by atoms with Gasteiger partial charge in [0.05, 0.1) is 18.2 Å². The number of ether oxygens (including phenoxy) is 2. The van der Waals surface area contributed by atoms with Gasteiger partial charge in [0.2, 0.25) is 0 Å². The van der Waals surface area contributed by atoms with Crippen LogP contribution in [0.1, 0.15) is 35.1 Å². The molecule has 0 aliphatic heterocycles. The van der Waals surface area contributed by atoms with Crippen LogP contribution in [0.5, 0.6) is 5.75 Å². The number of carbonyl (C=O) groups is 2. The van der Waals surface area contributed by atoms with Crippen molar-refractivity contribution in [2.75, 3.05) is 13.2 Å². The maximum atomic E-state index is 11.9. The Kier molecular flexibility index (Phi) is 6.17. The Morgan fingerprint density at radius 1 is 1.22 bits per heavy atom. The average Bonchev–Trinajstić information content (AvgIpc) is 3.08. The Balaban J connectivity index is 1.80. The first-order valence-electron chi connectivity index (χ1n) is 7.33. The molecule has 122 valence electrons. The number of nitrogens with one attached hydrogen (secondary N) is 1. The van der Waals surface area contributed by atoms with Crippen molar-refractivity contribution in [2.24, 2.45) is 0 Å². The summed E-state index contributed by atoms with van der Waals surface area (Å²) in [5, 5.41) is 4.74. The Hall–Kier alpha value is -2.34. The molecule has 0 saturated carbocycles. The highest BCUT2D eigenvalue weighted by molar-refractivity contribution is 7.10. The van der Waals surface area contributed by atoms with Crippen molar-refractivity contribution in [1.29, 1.82) is 0 Å². The summed E-state index contributed by atoms with van der Waals surface area (Å²) < 4.78 is 10.3. The minimum atomic E-state index is -0.535. The van der Waals surface area contributed by atoms with Gasteiger partial charge in [-0.1, -0.05) is 6.07 Å². The molecule has 0 aliphatic carbocycles. The van der Waals surface area contributed by atoms with Crippen molar-refractivity contribution in [3.05, 3.63) is 52.2 Å². The monoisotopic (exact) mass is 333 g/mol. The largest absolute Gasteiger partial charge is 0.494 e. The van der Waals surface area contributed by atoms with Gasteiger partial charge in [-0.25, -0.2) is 4.79 Å². The van der Waals surface area contributed by atoms with Crippen LogP contribution in [0, 0.1) is 0 Å². The Bertz CT molecular complexity index is 637. The Morgan fingerprint density at radius 3 is 2.57 bits per heavy atom. The van der Waals surface area contributed by atoms with Crippen molar-refractivity contribution < 1.29 is 19.1 Å². The number of hydrogen-bond acceptors (Lipinski definition) is 5. The van der Waals surface area contributed by atoms with Gasteiger partial charge in [0.25, 0.3) is 5.91 Å². The van der Waals surface area contributed by atoms with Crippen LogP contribution >= 0.6 is 11.3 Å². The molecular weight excluding hydrogens is 314 g/mol. The molecule has 23 heavy (non-hydrogen) atoms. The predicted octanol–water partition coefficient (Wildman–Crippen LogP) is 3.18. The van der Waals surface area contributed by atoms with E-state index >= 15 is 0 Å². The van der Waals surface area contributed by atoms with E-state index in [1.165, 1.54) is 0 Å². The van der Waals surface area contributed by atoms with Crippen LogP contribution in [0.2, 0.25) is 0 Å². The van der Waals surface area contributed by atoms with Crippen molar-refractivity contribution in [3.8, 4) is 5.75 Å². The van der Waals surface area contributed by atoms with Crippen molar-refractivity contribution in [2.45, 2.75) is 19.9 Å². The summed E-state index contributed by atoms with van der Waals surface area (Å²) in [6.07, 6.45) is 0. The molecule has 6 heteroatoms. The summed E-state index contributed by atoms with van der Waals surface area (Å²) in [7, 11) is 0. The molecule has 0 fully saturated rings. The molecule has 0 unspecified atom stereocenters. The first-order valence-corrected chi connectivity index (χ1v) is 8.21. The molecule has 1 atom stereocenters. The van der Waals surface area contributed by atoms with Gasteiger partial charge in [0.15, 0.2) is 6.61 Å². The highest BCUT2D eigenvalue weighted by atomic mass is 32.1. The summed E-state index contributed by atoms with van der Waals surface area (Å²) in [6.45, 7) is 4.03. The third-order valence-electron chi connectivity index (χ3n) is 3.08. The van der Waals surface area contributed by atoms with E-state index in [4.69, 9.17) is 9.47 Å². The van der Waals surface area contributed by atoms with Crippen LogP contribution in [0.25, 0.3) is 0 Å². The maximum Gasteiger partial charge on any atom is 0.338 e. The highest BCUT2D eigenvalue weighted by Gasteiger charge is 2.13. The summed E-state index contributed by atoms with van der Waals surface area (Å²) in [5.74, 6) is -0.177. The van der Waals surface area contributed by atoms with Crippen LogP contribution in [0.3, 0.4) is 0 Å². The van der Waals surface area contributed by atoms with E-state index in [1.807, 2.05) is 31.4 Å². The van der Waals surface area contributed by atoms with Gasteiger partial charge >= 0.3 is 5.97 Å². The van der Waals surface area contributed by atoms with Gasteiger partial charge in [-0.2, -0.15) is 0 Å². The lowest BCUT2D eigenvalue weighted by molar-refractivity contribution is -0.124. The lowest BCUT2D eigenvalue weighted by Gasteiger charge is -2.12. The van der Waals surface area contributed by atoms with E-state index in [0.717, 1.165) is 4.88 Å². The van der Waals surface area contributed by atoms with E-state index in [9.17, 15) is 9.59 Å². The summed E-state index contributed by atoms with van der Waals surface area (Å²) in [5.41, 5.74) is 0.382. The highest BCUT2D eigenvalue weighted by Crippen LogP contribution is 2.18. The van der Waals surface area contributed by atoms with Gasteiger partial charge in [0, 0.05) is 4.88 Å². The van der Waals surface area contributed by atoms with Gasteiger partial charge in [-0.3, -0.25) is 4.79 Å². The molecule has 0 radical (unpaired) electrons. The summed E-state index contributed by atoms with van der Waals surface area (Å²) in [4.78, 5) is 24.8. The second kappa shape index (κ2) is 8.33. The number of benzene rings is 1. The normalized spacial score (nSPS) is 11.6. The topological polar surface area (TPSA) is 64.6 Å². The lowest BCUT2D eigenvalue weighted by atomic mass is 10.2. The molecule has 0 bridgehead atoms. The van der Waals surface area contributed by atoms with E-state index in [2.05, 4.69) is 5.32 Å². The second-order valence-corrected chi connectivity index (χ2v) is 5.82. The number of rotatable bonds is 7. The summed E-state index contributed by atoms with van der Waals surface area (Å²) >= 11 is 1.57. The second-order valence-electron chi connectivity index (χ2n) is 4.84. The van der Waals surface area contributed by atoms with Crippen LogP contribution in [0.4, 0.5) is 0 Å². The average molecular weight is 333 g/mol. The fourth-order valence-corrected chi connectivity index (χ4v) is 2.69. The fraction of sp³-hybridized carbons (Fsp3) is 0.294. The van der Waals surface area contributed by atoms with E-state index in [1.54, 1.807) is 35.6 Å². The number of amides is 1. The molecule has 5 nitrogen and oxygen atoms in total. The molecule has 1 aromatic carbocycles. The van der Waals surface area contributed by atoms with Crippen LogP contribution in [0.15, 0.2) is 41.8 Å². The minimum absolute atomic E-state index is 0.105. The zero-order valence-corrected chi connectivity index (χ0v) is 13.9. The van der Waals surface area contributed by atoms with E-state index in [0.29, 0.717) is 17.9 Å². The van der Waals surface area contributed by atoms with E-state index in [-0.39, 0.29) is 18.6 Å². The SMILES string of the molecule is CCOc1ccc(C(=O)OCC(=O)N[C@@H](C)c2cccs2)cc1. The van der Waals surface area contributed by atoms with Gasteiger partial charge < -0.3 is 14.8 Å². The molecular formula is C17H19NO4S. The minimum Gasteiger partial charge on any atom is -0.494 e. The van der Waals surface area contributed by atoms with Gasteiger partial charge in [-0.05, 0) is 49.6 Å². The standard InChI is InChI=1S/C17H19NO4S/c1-3-21-14-8-6-13(7-9-14)17(20)22-11-16(19)18-12(2)15-5-4-10-23-15/h4-10,12H,3,11H2,1-2H3,(H,18,19)/t12-/m0/s1. The first-order chi connectivity index (χ1) is 11.1. The van der Waals surface area contributed by atoms with Crippen LogP contribution in [-0.2, 0) is 9.53 Å². The van der Waals surface area contributed by atoms with E-state index < -0.39 is 5.97 Å². The third-order valence-corrected chi connectivity index (χ3v) is 4.14. The smallest absolute Gasteiger partial charge is 0.338 e. The molecule has 0 saturated heterocycles. The van der Waals surface area contributed by atoms with Gasteiger partial charge in [0.1, 0.15) is 5.75 Å². The first kappa shape index (κ1) is 17.0. The third kappa shape index (κ3) is 5.10. The number of thiophene rings is 1. The zero-order chi connectivity index (χ0) is 16.7. The predicted molar refractivity (Wildman–Crippen MR) is 88.8 cm³/mol. The molecule has 1 heterocycles. The Morgan fingerprint density at radius 2 is 1.96 bits per heavy atom. The molecule has 1 aromatic heterocycles. The number of esters is 1. The quantitative estimate of drug-likeness (QED) is 0.791. The van der Waals surface area contributed by atoms with Crippen molar-refractivity contribution in [1.82, 2.24) is 5.32 Å². The molecule has 0 aliphatic rings. The van der Waals surface area contributed by atoms with Crippen molar-refractivity contribution in [3.63, 3.8) is 0 Å². The van der Waals surface area contributed by atoms with Gasteiger partial charge in [-0.15, -0.1) is 11.3 Å². The molecule has 1 amide bonds. The Labute approximate surface area is 139 Å².